The van der Waals surface area contributed by atoms with Crippen LogP contribution in [0.4, 0.5) is 5.95 Å². The Hall–Kier alpha value is -1.60. The van der Waals surface area contributed by atoms with Gasteiger partial charge in [-0.25, -0.2) is 9.55 Å². The normalized spacial score (nSPS) is 22.0. The van der Waals surface area contributed by atoms with Crippen LogP contribution in [0.15, 0.2) is 11.1 Å². The molecule has 12 nitrogen and oxygen atoms in total. The predicted molar refractivity (Wildman–Crippen MR) is 130 cm³/mol. The van der Waals surface area contributed by atoms with Gasteiger partial charge in [0.15, 0.2) is 19.5 Å². The lowest BCUT2D eigenvalue weighted by atomic mass is 10.2. The first-order valence-corrected chi connectivity index (χ1v) is 15.8. The molecule has 1 aliphatic rings. The average Bonchev–Trinajstić information content (AvgIpc) is 3.29. The van der Waals surface area contributed by atoms with Crippen molar-refractivity contribution >= 4 is 33.3 Å². The molecule has 0 amide bonds. The largest absolute Gasteiger partial charge is 0.475 e. The SMILES string of the molecule is CCOP(=O)(OCC)O[C@H]1C[C@H](n2cnc3c(=O)[nH]c(N)nc32)O[C@@H]1CO[Si](C)(C)C(C)(C)C. The van der Waals surface area contributed by atoms with Crippen molar-refractivity contribution in [1.29, 1.82) is 0 Å². The summed E-state index contributed by atoms with van der Waals surface area (Å²) in [4.78, 5) is 23.0. The Morgan fingerprint density at radius 2 is 1.94 bits per heavy atom. The van der Waals surface area contributed by atoms with Gasteiger partial charge in [-0.15, -0.1) is 0 Å². The standard InChI is InChI=1S/C20H36N5O7PSi/c1-8-28-33(27,29-9-2)32-13-10-15(31-14(13)11-30-34(6,7)20(3,4)5)25-12-22-16-17(25)23-19(21)24-18(16)26/h12-15H,8-11H2,1-7H3,(H3,21,23,24,26)/t13-,14+,15+/m0/s1. The van der Waals surface area contributed by atoms with Gasteiger partial charge in [-0.2, -0.15) is 4.98 Å². The number of nitrogen functional groups attached to an aromatic ring is 1. The number of nitrogens with one attached hydrogen (secondary N) is 1. The number of ether oxygens (including phenoxy) is 1. The van der Waals surface area contributed by atoms with Gasteiger partial charge < -0.3 is 14.9 Å². The number of nitrogens with zero attached hydrogens (tertiary/aromatic N) is 3. The Kier molecular flexibility index (Phi) is 8.08. The average molecular weight is 518 g/mol. The number of aromatic nitrogens is 4. The minimum atomic E-state index is -3.81. The summed E-state index contributed by atoms with van der Waals surface area (Å²) in [5, 5.41) is -0.00365. The van der Waals surface area contributed by atoms with E-state index in [9.17, 15) is 9.36 Å². The van der Waals surface area contributed by atoms with E-state index < -0.39 is 40.1 Å². The van der Waals surface area contributed by atoms with E-state index in [2.05, 4.69) is 48.8 Å². The fraction of sp³-hybridized carbons (Fsp3) is 0.750. The Morgan fingerprint density at radius 3 is 2.53 bits per heavy atom. The number of phosphoric acid groups is 1. The highest BCUT2D eigenvalue weighted by Gasteiger charge is 2.45. The van der Waals surface area contributed by atoms with Gasteiger partial charge in [-0.05, 0) is 32.0 Å². The van der Waals surface area contributed by atoms with Gasteiger partial charge in [0.2, 0.25) is 5.95 Å². The first kappa shape index (κ1) is 27.0. The number of imidazole rings is 1. The van der Waals surface area contributed by atoms with Crippen molar-refractivity contribution in [2.24, 2.45) is 0 Å². The van der Waals surface area contributed by atoms with Crippen molar-refractivity contribution in [2.75, 3.05) is 25.6 Å². The number of aromatic amines is 1. The van der Waals surface area contributed by atoms with Crippen LogP contribution in [0.25, 0.3) is 11.2 Å². The fourth-order valence-corrected chi connectivity index (χ4v) is 5.77. The Bertz CT molecular complexity index is 1090. The number of nitrogens with two attached hydrogens (primary N) is 1. The number of hydrogen-bond donors (Lipinski definition) is 2. The van der Waals surface area contributed by atoms with Crippen LogP contribution < -0.4 is 11.3 Å². The van der Waals surface area contributed by atoms with Crippen LogP contribution in [0.5, 0.6) is 0 Å². The maximum Gasteiger partial charge on any atom is 0.475 e. The summed E-state index contributed by atoms with van der Waals surface area (Å²) in [5.41, 5.74) is 5.72. The van der Waals surface area contributed by atoms with E-state index in [0.717, 1.165) is 0 Å². The molecule has 14 heteroatoms. The van der Waals surface area contributed by atoms with E-state index in [0.29, 0.717) is 0 Å². The highest BCUT2D eigenvalue weighted by Crippen LogP contribution is 2.53. The number of H-pyrrole nitrogens is 1. The summed E-state index contributed by atoms with van der Waals surface area (Å²) in [6.07, 6.45) is -0.0696. The molecule has 0 saturated carbocycles. The second-order valence-corrected chi connectivity index (χ2v) is 16.1. The van der Waals surface area contributed by atoms with Crippen molar-refractivity contribution < 1.29 is 27.3 Å². The molecule has 3 rings (SSSR count). The Labute approximate surface area is 200 Å². The van der Waals surface area contributed by atoms with Gasteiger partial charge in [0.1, 0.15) is 18.4 Å². The van der Waals surface area contributed by atoms with E-state index in [1.807, 2.05) is 0 Å². The molecule has 1 aliphatic heterocycles. The zero-order valence-electron chi connectivity index (χ0n) is 20.9. The number of anilines is 1. The number of hydrogen-bond acceptors (Lipinski definition) is 10. The molecule has 0 spiro atoms. The van der Waals surface area contributed by atoms with Gasteiger partial charge in [-0.1, -0.05) is 20.8 Å². The molecule has 1 fully saturated rings. The molecule has 3 atom stereocenters. The lowest BCUT2D eigenvalue weighted by molar-refractivity contribution is -0.0423. The summed E-state index contributed by atoms with van der Waals surface area (Å²) in [6, 6.07) is 0. The molecule has 0 radical (unpaired) electrons. The Morgan fingerprint density at radius 1 is 1.29 bits per heavy atom. The van der Waals surface area contributed by atoms with E-state index in [4.69, 9.17) is 28.5 Å². The second-order valence-electron chi connectivity index (χ2n) is 9.64. The summed E-state index contributed by atoms with van der Waals surface area (Å²) in [7, 11) is -5.91. The van der Waals surface area contributed by atoms with Crippen LogP contribution in [-0.2, 0) is 27.3 Å². The topological polar surface area (TPSA) is 153 Å². The van der Waals surface area contributed by atoms with Crippen LogP contribution in [0.2, 0.25) is 18.1 Å². The van der Waals surface area contributed by atoms with Crippen molar-refractivity contribution in [1.82, 2.24) is 19.5 Å². The Balaban J connectivity index is 1.90. The van der Waals surface area contributed by atoms with Gasteiger partial charge in [-0.3, -0.25) is 27.9 Å². The second kappa shape index (κ2) is 10.2. The van der Waals surface area contributed by atoms with Gasteiger partial charge >= 0.3 is 7.82 Å². The monoisotopic (exact) mass is 517 g/mol. The third-order valence-corrected chi connectivity index (χ3v) is 12.4. The molecule has 192 valence electrons. The molecule has 0 bridgehead atoms. The fourth-order valence-electron chi connectivity index (χ4n) is 3.37. The molecule has 34 heavy (non-hydrogen) atoms. The van der Waals surface area contributed by atoms with Crippen LogP contribution in [0.3, 0.4) is 0 Å². The first-order chi connectivity index (χ1) is 15.8. The third kappa shape index (κ3) is 5.78. The van der Waals surface area contributed by atoms with Gasteiger partial charge in [0.05, 0.1) is 26.1 Å². The molecule has 2 aromatic rings. The highest BCUT2D eigenvalue weighted by molar-refractivity contribution is 7.48. The molecule has 3 heterocycles. The van der Waals surface area contributed by atoms with Crippen LogP contribution in [-0.4, -0.2) is 59.9 Å². The lowest BCUT2D eigenvalue weighted by Gasteiger charge is -2.37. The summed E-state index contributed by atoms with van der Waals surface area (Å²) < 4.78 is 44.0. The maximum atomic E-state index is 13.1. The smallest absolute Gasteiger partial charge is 0.414 e. The van der Waals surface area contributed by atoms with E-state index >= 15 is 0 Å². The quantitative estimate of drug-likeness (QED) is 0.353. The minimum absolute atomic E-state index is 0.00365. The third-order valence-electron chi connectivity index (χ3n) is 6.19. The van der Waals surface area contributed by atoms with Gasteiger partial charge in [0, 0.05) is 6.42 Å². The number of phosphoric ester groups is 1. The zero-order valence-corrected chi connectivity index (χ0v) is 22.8. The zero-order chi connectivity index (χ0) is 25.3. The van der Waals surface area contributed by atoms with Crippen LogP contribution >= 0.6 is 7.82 Å². The molecular weight excluding hydrogens is 481 g/mol. The number of fused-ring (bicyclic) bond motifs is 1. The maximum absolute atomic E-state index is 13.1. The van der Waals surface area contributed by atoms with Crippen LogP contribution in [0, 0.1) is 0 Å². The van der Waals surface area contributed by atoms with Crippen molar-refractivity contribution in [3.05, 3.63) is 16.7 Å². The summed E-state index contributed by atoms with van der Waals surface area (Å²) in [6.45, 7) is 14.7. The highest BCUT2D eigenvalue weighted by atomic mass is 31.2. The minimum Gasteiger partial charge on any atom is -0.414 e. The van der Waals surface area contributed by atoms with Crippen LogP contribution in [0.1, 0.15) is 47.3 Å². The molecule has 0 aromatic carbocycles. The predicted octanol–water partition coefficient (Wildman–Crippen LogP) is 3.58. The van der Waals surface area contributed by atoms with Crippen molar-refractivity contribution in [2.45, 2.75) is 77.6 Å². The number of rotatable bonds is 10. The summed E-state index contributed by atoms with van der Waals surface area (Å²) >= 11 is 0. The molecule has 3 N–H and O–H groups in total. The van der Waals surface area contributed by atoms with Crippen molar-refractivity contribution in [3.63, 3.8) is 0 Å². The van der Waals surface area contributed by atoms with Crippen molar-refractivity contribution in [3.8, 4) is 0 Å². The lowest BCUT2D eigenvalue weighted by Crippen LogP contribution is -2.44. The molecule has 1 saturated heterocycles. The molecule has 0 unspecified atom stereocenters. The van der Waals surface area contributed by atoms with E-state index in [1.165, 1.54) is 6.33 Å². The molecule has 2 aromatic heterocycles. The molecule has 0 aliphatic carbocycles. The first-order valence-electron chi connectivity index (χ1n) is 11.4. The summed E-state index contributed by atoms with van der Waals surface area (Å²) in [5.74, 6) is -0.0277. The molecular formula is C20H36N5O7PSi. The van der Waals surface area contributed by atoms with E-state index in [1.54, 1.807) is 18.4 Å². The van der Waals surface area contributed by atoms with Gasteiger partial charge in [0.25, 0.3) is 5.56 Å². The van der Waals surface area contributed by atoms with E-state index in [-0.39, 0.29) is 48.4 Å².